The van der Waals surface area contributed by atoms with Crippen molar-refractivity contribution < 1.29 is 13.9 Å². The number of carbonyl (C=O) groups is 1. The SMILES string of the molecule is CCOc1cccc(C2c3c(oc4cc(C)c(C)cc4c3=O)C(=O)N2c2ccc(Br)cc2)c1. The van der Waals surface area contributed by atoms with E-state index in [9.17, 15) is 9.59 Å². The molecule has 0 aliphatic carbocycles. The summed E-state index contributed by atoms with van der Waals surface area (Å²) in [5.74, 6) is 0.435. The van der Waals surface area contributed by atoms with E-state index in [0.29, 0.717) is 34.6 Å². The Morgan fingerprint density at radius 1 is 1.00 bits per heavy atom. The number of benzene rings is 3. The quantitative estimate of drug-likeness (QED) is 0.326. The minimum atomic E-state index is -0.628. The molecule has 1 aliphatic rings. The van der Waals surface area contributed by atoms with Gasteiger partial charge in [-0.25, -0.2) is 0 Å². The summed E-state index contributed by atoms with van der Waals surface area (Å²) in [4.78, 5) is 29.1. The van der Waals surface area contributed by atoms with Gasteiger partial charge in [-0.3, -0.25) is 14.5 Å². The maximum absolute atomic E-state index is 13.8. The number of anilines is 1. The predicted molar refractivity (Wildman–Crippen MR) is 132 cm³/mol. The van der Waals surface area contributed by atoms with Gasteiger partial charge in [0.25, 0.3) is 5.91 Å². The van der Waals surface area contributed by atoms with E-state index in [1.165, 1.54) is 0 Å². The summed E-state index contributed by atoms with van der Waals surface area (Å²) in [7, 11) is 0. The minimum Gasteiger partial charge on any atom is -0.494 e. The Balaban J connectivity index is 1.80. The highest BCUT2D eigenvalue weighted by atomic mass is 79.9. The summed E-state index contributed by atoms with van der Waals surface area (Å²) in [6.45, 7) is 6.36. The van der Waals surface area contributed by atoms with Gasteiger partial charge in [-0.2, -0.15) is 0 Å². The number of ether oxygens (including phenoxy) is 1. The normalized spacial score (nSPS) is 15.2. The van der Waals surface area contributed by atoms with Crippen molar-refractivity contribution in [2.75, 3.05) is 11.5 Å². The summed E-state index contributed by atoms with van der Waals surface area (Å²) < 4.78 is 12.7. The molecule has 2 heterocycles. The first kappa shape index (κ1) is 21.5. The van der Waals surface area contributed by atoms with Crippen molar-refractivity contribution >= 4 is 38.5 Å². The lowest BCUT2D eigenvalue weighted by molar-refractivity contribution is 0.0971. The monoisotopic (exact) mass is 503 g/mol. The molecule has 0 fully saturated rings. The zero-order valence-corrected chi connectivity index (χ0v) is 20.1. The standard InChI is InChI=1S/C27H22BrNO4/c1-4-32-20-7-5-6-17(14-20)24-23-25(30)21-12-15(2)16(3)13-22(21)33-26(23)27(31)29(24)19-10-8-18(28)9-11-19/h5-14,24H,4H2,1-3H3. The molecular weight excluding hydrogens is 482 g/mol. The van der Waals surface area contributed by atoms with Crippen LogP contribution < -0.4 is 15.1 Å². The molecule has 0 saturated carbocycles. The van der Waals surface area contributed by atoms with E-state index in [4.69, 9.17) is 9.15 Å². The van der Waals surface area contributed by atoms with Crippen LogP contribution in [0.1, 0.15) is 45.8 Å². The first-order valence-electron chi connectivity index (χ1n) is 10.8. The topological polar surface area (TPSA) is 59.8 Å². The lowest BCUT2D eigenvalue weighted by atomic mass is 9.97. The molecule has 6 heteroatoms. The Hall–Kier alpha value is -3.38. The van der Waals surface area contributed by atoms with Crippen LogP contribution in [-0.4, -0.2) is 12.5 Å². The first-order valence-corrected chi connectivity index (χ1v) is 11.6. The molecule has 0 saturated heterocycles. The average molecular weight is 504 g/mol. The molecule has 0 spiro atoms. The molecule has 5 nitrogen and oxygen atoms in total. The van der Waals surface area contributed by atoms with Crippen molar-refractivity contribution in [3.05, 3.63) is 103 Å². The summed E-state index contributed by atoms with van der Waals surface area (Å²) in [5.41, 5.74) is 4.06. The molecule has 4 aromatic rings. The van der Waals surface area contributed by atoms with E-state index in [2.05, 4.69) is 15.9 Å². The molecule has 0 radical (unpaired) electrons. The van der Waals surface area contributed by atoms with Crippen LogP contribution in [0.3, 0.4) is 0 Å². The van der Waals surface area contributed by atoms with Crippen LogP contribution in [-0.2, 0) is 0 Å². The highest BCUT2D eigenvalue weighted by Crippen LogP contribution is 2.42. The molecule has 3 aromatic carbocycles. The molecule has 0 N–H and O–H groups in total. The van der Waals surface area contributed by atoms with Gasteiger partial charge < -0.3 is 9.15 Å². The smallest absolute Gasteiger partial charge is 0.295 e. The van der Waals surface area contributed by atoms with E-state index in [-0.39, 0.29) is 17.1 Å². The van der Waals surface area contributed by atoms with Crippen molar-refractivity contribution in [2.45, 2.75) is 26.8 Å². The van der Waals surface area contributed by atoms with Gasteiger partial charge in [0.1, 0.15) is 11.3 Å². The van der Waals surface area contributed by atoms with Gasteiger partial charge in [0.05, 0.1) is 23.6 Å². The molecule has 166 valence electrons. The average Bonchev–Trinajstić information content (AvgIpc) is 3.09. The van der Waals surface area contributed by atoms with Gasteiger partial charge in [0.2, 0.25) is 5.76 Å². The second-order valence-corrected chi connectivity index (χ2v) is 9.08. The van der Waals surface area contributed by atoms with Crippen LogP contribution in [0, 0.1) is 13.8 Å². The zero-order valence-electron chi connectivity index (χ0n) is 18.5. The Morgan fingerprint density at radius 3 is 2.45 bits per heavy atom. The van der Waals surface area contributed by atoms with Gasteiger partial charge >= 0.3 is 0 Å². The van der Waals surface area contributed by atoms with Crippen LogP contribution in [0.5, 0.6) is 5.75 Å². The van der Waals surface area contributed by atoms with E-state index in [1.807, 2.05) is 81.4 Å². The highest BCUT2D eigenvalue weighted by Gasteiger charge is 2.43. The van der Waals surface area contributed by atoms with Gasteiger partial charge in [-0.15, -0.1) is 0 Å². The van der Waals surface area contributed by atoms with Gasteiger partial charge in [-0.05, 0) is 86.0 Å². The summed E-state index contributed by atoms with van der Waals surface area (Å²) >= 11 is 3.45. The third-order valence-electron chi connectivity index (χ3n) is 6.08. The molecule has 1 aliphatic heterocycles. The Labute approximate surface area is 199 Å². The van der Waals surface area contributed by atoms with Crippen molar-refractivity contribution in [3.8, 4) is 5.75 Å². The zero-order chi connectivity index (χ0) is 23.3. The number of aryl methyl sites for hydroxylation is 2. The maximum atomic E-state index is 13.8. The van der Waals surface area contributed by atoms with Crippen molar-refractivity contribution in [1.29, 1.82) is 0 Å². The second kappa shape index (κ2) is 8.19. The number of rotatable bonds is 4. The number of amides is 1. The third-order valence-corrected chi connectivity index (χ3v) is 6.60. The molecule has 1 aromatic heterocycles. The van der Waals surface area contributed by atoms with E-state index in [0.717, 1.165) is 21.2 Å². The van der Waals surface area contributed by atoms with Gasteiger partial charge in [-0.1, -0.05) is 28.1 Å². The lowest BCUT2D eigenvalue weighted by Crippen LogP contribution is -2.29. The summed E-state index contributed by atoms with van der Waals surface area (Å²) in [6, 6.07) is 18.0. The number of hydrogen-bond donors (Lipinski definition) is 0. The Kier molecular flexibility index (Phi) is 5.33. The van der Waals surface area contributed by atoms with Crippen molar-refractivity contribution in [2.24, 2.45) is 0 Å². The molecular formula is C27H22BrNO4. The summed E-state index contributed by atoms with van der Waals surface area (Å²) in [5, 5.41) is 0.480. The largest absolute Gasteiger partial charge is 0.494 e. The number of fused-ring (bicyclic) bond motifs is 2. The molecule has 1 atom stereocenters. The summed E-state index contributed by atoms with van der Waals surface area (Å²) in [6.07, 6.45) is 0. The first-order chi connectivity index (χ1) is 15.9. The van der Waals surface area contributed by atoms with E-state index in [1.54, 1.807) is 4.90 Å². The van der Waals surface area contributed by atoms with E-state index >= 15 is 0 Å². The van der Waals surface area contributed by atoms with Crippen molar-refractivity contribution in [1.82, 2.24) is 0 Å². The third kappa shape index (κ3) is 3.55. The van der Waals surface area contributed by atoms with Crippen LogP contribution in [0.2, 0.25) is 0 Å². The van der Waals surface area contributed by atoms with E-state index < -0.39 is 6.04 Å². The molecule has 33 heavy (non-hydrogen) atoms. The number of hydrogen-bond acceptors (Lipinski definition) is 4. The van der Waals surface area contributed by atoms with Crippen LogP contribution in [0.25, 0.3) is 11.0 Å². The fourth-order valence-electron chi connectivity index (χ4n) is 4.35. The van der Waals surface area contributed by atoms with Crippen molar-refractivity contribution in [3.63, 3.8) is 0 Å². The predicted octanol–water partition coefficient (Wildman–Crippen LogP) is 6.32. The van der Waals surface area contributed by atoms with Gasteiger partial charge in [0.15, 0.2) is 5.43 Å². The van der Waals surface area contributed by atoms with Crippen LogP contribution in [0.15, 0.2) is 74.3 Å². The molecule has 1 amide bonds. The van der Waals surface area contributed by atoms with Gasteiger partial charge in [0, 0.05) is 10.2 Å². The second-order valence-electron chi connectivity index (χ2n) is 8.17. The number of halogens is 1. The van der Waals surface area contributed by atoms with Crippen LogP contribution >= 0.6 is 15.9 Å². The lowest BCUT2D eigenvalue weighted by Gasteiger charge is -2.25. The fourth-order valence-corrected chi connectivity index (χ4v) is 4.62. The highest BCUT2D eigenvalue weighted by molar-refractivity contribution is 9.10. The maximum Gasteiger partial charge on any atom is 0.295 e. The Morgan fingerprint density at radius 2 is 1.73 bits per heavy atom. The number of carbonyl (C=O) groups excluding carboxylic acids is 1. The number of nitrogens with zero attached hydrogens (tertiary/aromatic N) is 1. The molecule has 5 rings (SSSR count). The molecule has 0 bridgehead atoms. The molecule has 1 unspecified atom stereocenters. The van der Waals surface area contributed by atoms with Crippen LogP contribution in [0.4, 0.5) is 5.69 Å². The minimum absolute atomic E-state index is 0.0884. The Bertz CT molecular complexity index is 1460. The fraction of sp³-hybridized carbons (Fsp3) is 0.185.